The molecule has 0 fully saturated rings. The molecule has 2 aromatic carbocycles. The van der Waals surface area contributed by atoms with Crippen LogP contribution in [0.1, 0.15) is 42.6 Å². The fraction of sp³-hybridized carbons (Fsp3) is 0.261. The smallest absolute Gasteiger partial charge is 0.272 e. The number of carbonyl (C=O) groups excluding carboxylic acids is 1. The van der Waals surface area contributed by atoms with E-state index in [9.17, 15) is 28.6 Å². The lowest BCUT2D eigenvalue weighted by molar-refractivity contribution is -0.339. The Morgan fingerprint density at radius 1 is 0.912 bits per heavy atom. The fourth-order valence-corrected chi connectivity index (χ4v) is 4.23. The number of rotatable bonds is 13. The summed E-state index contributed by atoms with van der Waals surface area (Å²) in [5.41, 5.74) is 2.90. The zero-order valence-electron chi connectivity index (χ0n) is 18.7. The van der Waals surface area contributed by atoms with Gasteiger partial charge in [0, 0.05) is 11.1 Å². The summed E-state index contributed by atoms with van der Waals surface area (Å²) >= 11 is 0. The van der Waals surface area contributed by atoms with E-state index in [-0.39, 0.29) is 5.78 Å². The molecule has 0 aliphatic carbocycles. The summed E-state index contributed by atoms with van der Waals surface area (Å²) in [5.74, 6) is 0.493. The normalized spacial score (nSPS) is 14.5. The fourth-order valence-electron chi connectivity index (χ4n) is 2.80. The van der Waals surface area contributed by atoms with E-state index in [4.69, 9.17) is 4.74 Å². The van der Waals surface area contributed by atoms with Crippen molar-refractivity contribution < 1.29 is 42.2 Å². The van der Waals surface area contributed by atoms with Gasteiger partial charge in [0.15, 0.2) is 5.78 Å². The molecule has 0 heterocycles. The average molecular weight is 507 g/mol. The van der Waals surface area contributed by atoms with Crippen LogP contribution in [0.25, 0.3) is 0 Å². The van der Waals surface area contributed by atoms with Gasteiger partial charge in [0.2, 0.25) is 0 Å². The maximum absolute atomic E-state index is 12.6. The minimum absolute atomic E-state index is 0.0838. The summed E-state index contributed by atoms with van der Waals surface area (Å²) < 4.78 is 35.0. The molecule has 1 atom stereocenters. The second kappa shape index (κ2) is 12.9. The Morgan fingerprint density at radius 3 is 2.26 bits per heavy atom. The van der Waals surface area contributed by atoms with Crippen molar-refractivity contribution in [2.75, 3.05) is 13.2 Å². The second-order valence-electron chi connectivity index (χ2n) is 7.42. The predicted octanol–water partition coefficient (Wildman–Crippen LogP) is 3.30. The van der Waals surface area contributed by atoms with E-state index in [0.29, 0.717) is 36.3 Å². The van der Waals surface area contributed by atoms with Crippen LogP contribution in [0, 0.1) is 0 Å². The number of ether oxygens (including phenoxy) is 1. The highest BCUT2D eigenvalue weighted by molar-refractivity contribution is 7.58. The first kappa shape index (κ1) is 27.9. The molecule has 0 aromatic heterocycles. The van der Waals surface area contributed by atoms with Crippen molar-refractivity contribution in [2.45, 2.75) is 26.7 Å². The van der Waals surface area contributed by atoms with Crippen LogP contribution in [0.5, 0.6) is 5.75 Å². The molecular weight excluding hydrogens is 482 g/mol. The summed E-state index contributed by atoms with van der Waals surface area (Å²) in [7, 11) is -10.9. The highest BCUT2D eigenvalue weighted by Crippen LogP contribution is 2.50. The van der Waals surface area contributed by atoms with Crippen LogP contribution in [0.4, 0.5) is 0 Å². The van der Waals surface area contributed by atoms with Gasteiger partial charge in [-0.1, -0.05) is 60.2 Å². The molecule has 2 rings (SSSR count). The zero-order valence-corrected chi connectivity index (χ0v) is 20.5. The van der Waals surface area contributed by atoms with E-state index in [1.165, 1.54) is 6.08 Å². The number of hydrogen-bond acceptors (Lipinski definition) is 9. The van der Waals surface area contributed by atoms with E-state index in [0.717, 1.165) is 11.1 Å². The molecular formula is C23H25O9P2-3. The molecule has 0 bridgehead atoms. The Bertz CT molecular complexity index is 1120. The van der Waals surface area contributed by atoms with Gasteiger partial charge in [-0.05, 0) is 44.4 Å². The molecule has 0 aliphatic rings. The Hall–Kier alpha value is -2.35. The van der Waals surface area contributed by atoms with Crippen molar-refractivity contribution in [3.05, 3.63) is 89.0 Å². The van der Waals surface area contributed by atoms with Gasteiger partial charge in [-0.15, -0.1) is 0 Å². The second-order valence-corrected chi connectivity index (χ2v) is 10.1. The minimum atomic E-state index is -5.69. The molecule has 0 aliphatic heterocycles. The number of hydrogen-bond donors (Lipinski definition) is 0. The van der Waals surface area contributed by atoms with Gasteiger partial charge in [-0.25, -0.2) is 0 Å². The third kappa shape index (κ3) is 10.7. The van der Waals surface area contributed by atoms with Crippen LogP contribution in [-0.2, 0) is 18.0 Å². The lowest BCUT2D eigenvalue weighted by Gasteiger charge is -2.34. The predicted molar refractivity (Wildman–Crippen MR) is 121 cm³/mol. The zero-order chi connectivity index (χ0) is 25.2. The van der Waals surface area contributed by atoms with Crippen LogP contribution in [0.3, 0.4) is 0 Å². The Labute approximate surface area is 198 Å². The first-order valence-corrected chi connectivity index (χ1v) is 13.2. The number of phosphoric ester groups is 1. The van der Waals surface area contributed by atoms with E-state index in [2.05, 4.69) is 8.83 Å². The van der Waals surface area contributed by atoms with Crippen LogP contribution in [-0.4, -0.2) is 19.0 Å². The molecule has 2 aromatic rings. The van der Waals surface area contributed by atoms with Crippen molar-refractivity contribution in [2.24, 2.45) is 0 Å². The van der Waals surface area contributed by atoms with E-state index < -0.39 is 22.3 Å². The quantitative estimate of drug-likeness (QED) is 0.226. The molecule has 0 saturated heterocycles. The van der Waals surface area contributed by atoms with E-state index in [1.807, 2.05) is 31.2 Å². The standard InChI is InChI=1S/C23H28O9P2/c1-18(14-15-31-34(28,29)32-33(25,26)27)8-6-9-19(2)17-30-22-13-7-12-21(16-22)23(24)20-10-4-3-5-11-20/h3-5,7,9-14,16H,6,8,15,17H2,1-2H3,(H,28,29)(H2,25,26,27)/p-3/b18-14+,19-9+. The lowest BCUT2D eigenvalue weighted by Crippen LogP contribution is -2.19. The molecule has 0 amide bonds. The molecule has 11 heteroatoms. The summed E-state index contributed by atoms with van der Waals surface area (Å²) in [6, 6.07) is 16.0. The Morgan fingerprint density at radius 2 is 1.59 bits per heavy atom. The summed E-state index contributed by atoms with van der Waals surface area (Å²) in [5, 5.41) is 0. The van der Waals surface area contributed by atoms with Crippen LogP contribution in [0.2, 0.25) is 0 Å². The molecule has 0 saturated carbocycles. The minimum Gasteiger partial charge on any atom is -0.790 e. The van der Waals surface area contributed by atoms with Crippen LogP contribution in [0.15, 0.2) is 77.9 Å². The molecule has 0 radical (unpaired) electrons. The maximum Gasteiger partial charge on any atom is 0.272 e. The van der Waals surface area contributed by atoms with Crippen molar-refractivity contribution in [3.8, 4) is 5.75 Å². The third-order valence-corrected chi connectivity index (χ3v) is 6.56. The van der Waals surface area contributed by atoms with Crippen molar-refractivity contribution in [1.82, 2.24) is 0 Å². The lowest BCUT2D eigenvalue weighted by atomic mass is 10.0. The monoisotopic (exact) mass is 507 g/mol. The third-order valence-electron chi connectivity index (χ3n) is 4.49. The highest BCUT2D eigenvalue weighted by Gasteiger charge is 2.11. The maximum atomic E-state index is 12.6. The number of allylic oxidation sites excluding steroid dienone is 2. The van der Waals surface area contributed by atoms with Gasteiger partial charge in [-0.2, -0.15) is 0 Å². The molecule has 9 nitrogen and oxygen atoms in total. The number of phosphoric acid groups is 2. The van der Waals surface area contributed by atoms with E-state index in [1.54, 1.807) is 43.3 Å². The molecule has 34 heavy (non-hydrogen) atoms. The van der Waals surface area contributed by atoms with E-state index >= 15 is 0 Å². The summed E-state index contributed by atoms with van der Waals surface area (Å²) in [4.78, 5) is 44.5. The topological polar surface area (TPSA) is 148 Å². The Kier molecular flexibility index (Phi) is 10.6. The molecule has 0 N–H and O–H groups in total. The van der Waals surface area contributed by atoms with Crippen molar-refractivity contribution >= 4 is 21.4 Å². The molecule has 1 unspecified atom stereocenters. The van der Waals surface area contributed by atoms with Gasteiger partial charge < -0.3 is 28.5 Å². The van der Waals surface area contributed by atoms with Gasteiger partial charge in [-0.3, -0.25) is 13.7 Å². The van der Waals surface area contributed by atoms with Crippen molar-refractivity contribution in [1.29, 1.82) is 0 Å². The number of benzene rings is 2. The average Bonchev–Trinajstić information content (AvgIpc) is 2.76. The number of ketones is 1. The van der Waals surface area contributed by atoms with Crippen LogP contribution >= 0.6 is 15.6 Å². The SMILES string of the molecule is C/C(=C\COP(=O)([O-])OP(=O)([O-])[O-])CC/C=C(\C)COc1cccc(C(=O)c2ccccc2)c1. The van der Waals surface area contributed by atoms with Crippen LogP contribution < -0.4 is 19.4 Å². The highest BCUT2D eigenvalue weighted by atomic mass is 31.3. The van der Waals surface area contributed by atoms with Crippen molar-refractivity contribution in [3.63, 3.8) is 0 Å². The van der Waals surface area contributed by atoms with Gasteiger partial charge in [0.05, 0.1) is 14.4 Å². The molecule has 184 valence electrons. The molecule has 0 spiro atoms. The summed E-state index contributed by atoms with van der Waals surface area (Å²) in [6.45, 7) is 3.53. The van der Waals surface area contributed by atoms with Gasteiger partial charge in [0.1, 0.15) is 12.4 Å². The first-order chi connectivity index (χ1) is 16.0. The first-order valence-electron chi connectivity index (χ1n) is 10.3. The largest absolute Gasteiger partial charge is 0.790 e. The number of carbonyl (C=O) groups is 1. The Balaban J connectivity index is 1.79. The summed E-state index contributed by atoms with van der Waals surface area (Å²) in [6.07, 6.45) is 4.65. The van der Waals surface area contributed by atoms with Gasteiger partial charge in [0.25, 0.3) is 7.82 Å². The van der Waals surface area contributed by atoms with Gasteiger partial charge >= 0.3 is 0 Å².